The largest absolute Gasteiger partial charge is 0.243 e. The quantitative estimate of drug-likeness (QED) is 0.700. The van der Waals surface area contributed by atoms with Crippen LogP contribution in [0.4, 0.5) is 0 Å². The molecule has 3 aromatic rings. The molecule has 0 saturated carbocycles. The molecular weight excluding hydrogens is 318 g/mol. The van der Waals surface area contributed by atoms with Gasteiger partial charge in [0, 0.05) is 13.1 Å². The summed E-state index contributed by atoms with van der Waals surface area (Å²) in [5, 5.41) is 2.26. The van der Waals surface area contributed by atoms with Crippen LogP contribution in [0.3, 0.4) is 0 Å². The number of hydrogen-bond donors (Lipinski definition) is 0. The number of rotatable bonds is 4. The second-order valence-corrected chi connectivity index (χ2v) is 8.11. The summed E-state index contributed by atoms with van der Waals surface area (Å²) in [5.41, 5.74) is 2.02. The summed E-state index contributed by atoms with van der Waals surface area (Å²) in [5.74, 6) is 0. The highest BCUT2D eigenvalue weighted by atomic mass is 32.2. The van der Waals surface area contributed by atoms with Crippen LogP contribution in [0.25, 0.3) is 10.8 Å². The van der Waals surface area contributed by atoms with Crippen molar-refractivity contribution in [2.45, 2.75) is 24.8 Å². The number of fused-ring (bicyclic) bond motifs is 1. The molecule has 0 radical (unpaired) electrons. The Labute approximate surface area is 143 Å². The zero-order chi connectivity index (χ0) is 17.3. The summed E-state index contributed by atoms with van der Waals surface area (Å²) in [6.45, 7) is 3.85. The Hall–Kier alpha value is -2.17. The third-order valence-electron chi connectivity index (χ3n) is 4.50. The van der Waals surface area contributed by atoms with Crippen molar-refractivity contribution in [3.8, 4) is 0 Å². The molecule has 3 rings (SSSR count). The van der Waals surface area contributed by atoms with Gasteiger partial charge in [0.1, 0.15) is 0 Å². The monoisotopic (exact) mass is 339 g/mol. The molecule has 0 amide bonds. The number of sulfonamides is 1. The Kier molecular flexibility index (Phi) is 4.43. The fourth-order valence-electron chi connectivity index (χ4n) is 2.76. The molecule has 1 atom stereocenters. The predicted molar refractivity (Wildman–Crippen MR) is 98.5 cm³/mol. The Morgan fingerprint density at radius 1 is 0.875 bits per heavy atom. The molecule has 4 heteroatoms. The summed E-state index contributed by atoms with van der Waals surface area (Å²) in [6, 6.07) is 20.9. The Morgan fingerprint density at radius 3 is 2.17 bits per heavy atom. The lowest BCUT2D eigenvalue weighted by Gasteiger charge is -2.25. The second-order valence-electron chi connectivity index (χ2n) is 6.12. The summed E-state index contributed by atoms with van der Waals surface area (Å²) >= 11 is 0. The first-order valence-electron chi connectivity index (χ1n) is 7.93. The number of nitrogens with zero attached hydrogens (tertiary/aromatic N) is 1. The SMILES string of the molecule is Cc1ccc(S(=O)(=O)N(C)C(C)c2ccc3ccccc3c2)cc1. The molecule has 3 nitrogen and oxygen atoms in total. The van der Waals surface area contributed by atoms with Crippen molar-refractivity contribution >= 4 is 20.8 Å². The van der Waals surface area contributed by atoms with E-state index in [0.29, 0.717) is 4.90 Å². The van der Waals surface area contributed by atoms with E-state index in [1.54, 1.807) is 19.2 Å². The first-order chi connectivity index (χ1) is 11.4. The van der Waals surface area contributed by atoms with Crippen molar-refractivity contribution in [2.75, 3.05) is 7.05 Å². The van der Waals surface area contributed by atoms with Gasteiger partial charge in [0.25, 0.3) is 0 Å². The fraction of sp³-hybridized carbons (Fsp3) is 0.200. The van der Waals surface area contributed by atoms with Gasteiger partial charge in [-0.15, -0.1) is 0 Å². The van der Waals surface area contributed by atoms with Gasteiger partial charge in [0.15, 0.2) is 0 Å². The van der Waals surface area contributed by atoms with E-state index in [4.69, 9.17) is 0 Å². The van der Waals surface area contributed by atoms with E-state index in [1.807, 2.05) is 56.3 Å². The van der Waals surface area contributed by atoms with Crippen molar-refractivity contribution in [1.82, 2.24) is 4.31 Å². The Balaban J connectivity index is 1.95. The van der Waals surface area contributed by atoms with Gasteiger partial charge in [-0.2, -0.15) is 4.31 Å². The van der Waals surface area contributed by atoms with Gasteiger partial charge in [0.05, 0.1) is 4.90 Å². The van der Waals surface area contributed by atoms with Crippen molar-refractivity contribution in [2.24, 2.45) is 0 Å². The number of hydrogen-bond acceptors (Lipinski definition) is 2. The normalized spacial score (nSPS) is 13.3. The lowest BCUT2D eigenvalue weighted by Crippen LogP contribution is -2.29. The van der Waals surface area contributed by atoms with Crippen LogP contribution < -0.4 is 0 Å². The Morgan fingerprint density at radius 2 is 1.50 bits per heavy atom. The first-order valence-corrected chi connectivity index (χ1v) is 9.37. The average molecular weight is 339 g/mol. The van der Waals surface area contributed by atoms with E-state index in [2.05, 4.69) is 12.1 Å². The molecule has 0 N–H and O–H groups in total. The topological polar surface area (TPSA) is 37.4 Å². The molecule has 0 aliphatic carbocycles. The molecule has 0 fully saturated rings. The van der Waals surface area contributed by atoms with Gasteiger partial charge in [0.2, 0.25) is 10.0 Å². The molecule has 1 unspecified atom stereocenters. The van der Waals surface area contributed by atoms with Crippen LogP contribution in [-0.4, -0.2) is 19.8 Å². The molecule has 0 saturated heterocycles. The molecular formula is C20H21NO2S. The van der Waals surface area contributed by atoms with Crippen LogP contribution in [0.5, 0.6) is 0 Å². The standard InChI is InChI=1S/C20H21NO2S/c1-15-8-12-20(13-9-15)24(22,23)21(3)16(2)18-11-10-17-6-4-5-7-19(17)14-18/h4-14,16H,1-3H3. The van der Waals surface area contributed by atoms with Crippen LogP contribution in [0.1, 0.15) is 24.1 Å². The maximum atomic E-state index is 12.8. The molecule has 0 aliphatic heterocycles. The predicted octanol–water partition coefficient (Wildman–Crippen LogP) is 4.53. The highest BCUT2D eigenvalue weighted by Crippen LogP contribution is 2.28. The van der Waals surface area contributed by atoms with Crippen molar-refractivity contribution in [3.63, 3.8) is 0 Å². The molecule has 0 heterocycles. The van der Waals surface area contributed by atoms with Gasteiger partial charge >= 0.3 is 0 Å². The first kappa shape index (κ1) is 16.7. The van der Waals surface area contributed by atoms with Crippen LogP contribution in [0, 0.1) is 6.92 Å². The maximum Gasteiger partial charge on any atom is 0.243 e. The minimum atomic E-state index is -3.52. The van der Waals surface area contributed by atoms with Crippen LogP contribution in [0.2, 0.25) is 0 Å². The second kappa shape index (κ2) is 6.38. The summed E-state index contributed by atoms with van der Waals surface area (Å²) in [6.07, 6.45) is 0. The lowest BCUT2D eigenvalue weighted by molar-refractivity contribution is 0.398. The van der Waals surface area contributed by atoms with E-state index in [9.17, 15) is 8.42 Å². The smallest absolute Gasteiger partial charge is 0.207 e. The molecule has 3 aromatic carbocycles. The number of benzene rings is 3. The molecule has 0 aliphatic rings. The van der Waals surface area contributed by atoms with E-state index >= 15 is 0 Å². The van der Waals surface area contributed by atoms with E-state index < -0.39 is 10.0 Å². The summed E-state index contributed by atoms with van der Waals surface area (Å²) in [7, 11) is -1.89. The molecule has 0 aromatic heterocycles. The van der Waals surface area contributed by atoms with Crippen LogP contribution >= 0.6 is 0 Å². The van der Waals surface area contributed by atoms with Gasteiger partial charge in [-0.1, -0.05) is 54.1 Å². The molecule has 0 spiro atoms. The van der Waals surface area contributed by atoms with Gasteiger partial charge in [-0.05, 0) is 48.4 Å². The molecule has 0 bridgehead atoms. The number of aryl methyl sites for hydroxylation is 1. The highest BCUT2D eigenvalue weighted by molar-refractivity contribution is 7.89. The Bertz CT molecular complexity index is 962. The zero-order valence-corrected chi connectivity index (χ0v) is 14.9. The lowest BCUT2D eigenvalue weighted by atomic mass is 10.0. The molecule has 124 valence electrons. The van der Waals surface area contributed by atoms with Crippen molar-refractivity contribution in [1.29, 1.82) is 0 Å². The highest BCUT2D eigenvalue weighted by Gasteiger charge is 2.26. The average Bonchev–Trinajstić information content (AvgIpc) is 2.60. The van der Waals surface area contributed by atoms with Gasteiger partial charge < -0.3 is 0 Å². The van der Waals surface area contributed by atoms with Gasteiger partial charge in [-0.25, -0.2) is 8.42 Å². The summed E-state index contributed by atoms with van der Waals surface area (Å²) < 4.78 is 27.1. The van der Waals surface area contributed by atoms with Crippen molar-refractivity contribution in [3.05, 3.63) is 77.9 Å². The minimum Gasteiger partial charge on any atom is -0.207 e. The third kappa shape index (κ3) is 3.07. The van der Waals surface area contributed by atoms with E-state index in [1.165, 1.54) is 4.31 Å². The molecule has 24 heavy (non-hydrogen) atoms. The maximum absolute atomic E-state index is 12.8. The van der Waals surface area contributed by atoms with E-state index in [0.717, 1.165) is 21.9 Å². The van der Waals surface area contributed by atoms with Gasteiger partial charge in [-0.3, -0.25) is 0 Å². The minimum absolute atomic E-state index is 0.249. The van der Waals surface area contributed by atoms with Crippen LogP contribution in [-0.2, 0) is 10.0 Å². The van der Waals surface area contributed by atoms with Crippen LogP contribution in [0.15, 0.2) is 71.6 Å². The summed E-state index contributed by atoms with van der Waals surface area (Å²) in [4.78, 5) is 0.322. The fourth-order valence-corrected chi connectivity index (χ4v) is 4.11. The van der Waals surface area contributed by atoms with E-state index in [-0.39, 0.29) is 6.04 Å². The van der Waals surface area contributed by atoms with Crippen molar-refractivity contribution < 1.29 is 8.42 Å². The zero-order valence-electron chi connectivity index (χ0n) is 14.1. The third-order valence-corrected chi connectivity index (χ3v) is 6.44.